The molecule has 7 heavy (non-hydrogen) atoms. The van der Waals surface area contributed by atoms with Gasteiger partial charge in [0.15, 0.2) is 0 Å². The second-order valence-electron chi connectivity index (χ2n) is 0.887. The Morgan fingerprint density at radius 3 is 2.29 bits per heavy atom. The molecule has 3 heteroatoms. The Kier molecular flexibility index (Phi) is 8.08. The molecule has 0 unspecified atom stereocenters. The van der Waals surface area contributed by atoms with E-state index in [-0.39, 0.29) is 23.5 Å². The first-order chi connectivity index (χ1) is 2.77. The van der Waals surface area contributed by atoms with Crippen molar-refractivity contribution in [1.29, 1.82) is 0 Å². The maximum absolute atomic E-state index is 9.53. The minimum absolute atomic E-state index is 0. The molecule has 0 aromatic heterocycles. The van der Waals surface area contributed by atoms with Crippen molar-refractivity contribution in [3.8, 4) is 0 Å². The molecule has 0 amide bonds. The monoisotopic (exact) mass is 168 g/mol. The van der Waals surface area contributed by atoms with Gasteiger partial charge in [-0.3, -0.25) is 4.79 Å². The fourth-order valence-electron chi connectivity index (χ4n) is 0.123. The zero-order valence-corrected chi connectivity index (χ0v) is 5.95. The number of aliphatic carboxylic acids is 1. The average molecular weight is 167 g/mol. The van der Waals surface area contributed by atoms with E-state index in [1.807, 2.05) is 0 Å². The van der Waals surface area contributed by atoms with Crippen molar-refractivity contribution < 1.29 is 9.90 Å². The first kappa shape index (κ1) is 9.88. The average Bonchev–Trinajstić information content (AvgIpc) is 1.35. The zero-order chi connectivity index (χ0) is 4.99. The molecular formula is C4H8O2Se. The van der Waals surface area contributed by atoms with Crippen LogP contribution in [0.2, 0.25) is 0 Å². The molecule has 0 aliphatic heterocycles. The number of carboxylic acids is 1. The molecule has 0 radical (unpaired) electrons. The first-order valence-corrected chi connectivity index (χ1v) is 1.60. The van der Waals surface area contributed by atoms with E-state index in [1.165, 1.54) is 6.08 Å². The molecule has 1 N–H and O–H groups in total. The van der Waals surface area contributed by atoms with Crippen LogP contribution in [0, 0.1) is 0 Å². The van der Waals surface area contributed by atoms with Crippen LogP contribution < -0.4 is 0 Å². The van der Waals surface area contributed by atoms with Gasteiger partial charge in [-0.15, -0.1) is 6.58 Å². The van der Waals surface area contributed by atoms with Gasteiger partial charge < -0.3 is 5.11 Å². The Balaban J connectivity index is 0. The topological polar surface area (TPSA) is 37.3 Å². The molecule has 2 nitrogen and oxygen atoms in total. The molecule has 0 heterocycles. The van der Waals surface area contributed by atoms with Crippen LogP contribution in [0.15, 0.2) is 12.7 Å². The zero-order valence-electron chi connectivity index (χ0n) is 3.85. The summed E-state index contributed by atoms with van der Waals surface area (Å²) >= 11 is 0. The number of carboxylic acid groups (broad SMARTS) is 1. The van der Waals surface area contributed by atoms with Crippen LogP contribution in [0.4, 0.5) is 0 Å². The van der Waals surface area contributed by atoms with Crippen LogP contribution >= 0.6 is 0 Å². The van der Waals surface area contributed by atoms with Gasteiger partial charge in [0.05, 0.1) is 6.42 Å². The summed E-state index contributed by atoms with van der Waals surface area (Å²) in [5.74, 6) is -0.829. The van der Waals surface area contributed by atoms with E-state index in [9.17, 15) is 4.79 Å². The fourth-order valence-corrected chi connectivity index (χ4v) is 0.123. The molecule has 42 valence electrons. The van der Waals surface area contributed by atoms with Gasteiger partial charge in [-0.2, -0.15) is 0 Å². The molecule has 0 aliphatic carbocycles. The van der Waals surface area contributed by atoms with Crippen LogP contribution in [0.5, 0.6) is 0 Å². The predicted octanol–water partition coefficient (Wildman–Crippen LogP) is -0.269. The van der Waals surface area contributed by atoms with Gasteiger partial charge in [0, 0.05) is 0 Å². The third-order valence-electron chi connectivity index (χ3n) is 0.319. The Labute approximate surface area is 52.7 Å². The summed E-state index contributed by atoms with van der Waals surface area (Å²) in [7, 11) is 0. The van der Waals surface area contributed by atoms with Crippen molar-refractivity contribution in [2.45, 2.75) is 6.42 Å². The van der Waals surface area contributed by atoms with Crippen LogP contribution in [-0.4, -0.2) is 28.1 Å². The number of rotatable bonds is 2. The molecule has 0 rings (SSSR count). The Morgan fingerprint density at radius 1 is 1.86 bits per heavy atom. The molecule has 0 saturated carbocycles. The third kappa shape index (κ3) is 10.7. The van der Waals surface area contributed by atoms with E-state index >= 15 is 0 Å². The molecule has 0 aromatic carbocycles. The van der Waals surface area contributed by atoms with Crippen molar-refractivity contribution in [2.75, 3.05) is 0 Å². The normalized spacial score (nSPS) is 6.29. The van der Waals surface area contributed by atoms with Crippen molar-refractivity contribution in [2.24, 2.45) is 0 Å². The van der Waals surface area contributed by atoms with Crippen LogP contribution in [0.1, 0.15) is 6.42 Å². The SMILES string of the molecule is C=CCC(=O)O.[SeH2]. The summed E-state index contributed by atoms with van der Waals surface area (Å²) in [5, 5.41) is 7.84. The molecular weight excluding hydrogens is 159 g/mol. The van der Waals surface area contributed by atoms with Gasteiger partial charge in [0.1, 0.15) is 0 Å². The van der Waals surface area contributed by atoms with Gasteiger partial charge in [-0.05, 0) is 0 Å². The maximum atomic E-state index is 9.53. The van der Waals surface area contributed by atoms with Gasteiger partial charge >= 0.3 is 23.0 Å². The van der Waals surface area contributed by atoms with Crippen molar-refractivity contribution in [1.82, 2.24) is 0 Å². The number of hydrogen-bond acceptors (Lipinski definition) is 1. The van der Waals surface area contributed by atoms with E-state index in [0.717, 1.165) is 0 Å². The second-order valence-corrected chi connectivity index (χ2v) is 0.887. The summed E-state index contributed by atoms with van der Waals surface area (Å²) in [6, 6.07) is 0. The summed E-state index contributed by atoms with van der Waals surface area (Å²) in [4.78, 5) is 9.53. The van der Waals surface area contributed by atoms with Gasteiger partial charge in [0.2, 0.25) is 0 Å². The quantitative estimate of drug-likeness (QED) is 0.454. The fraction of sp³-hybridized carbons (Fsp3) is 0.250. The van der Waals surface area contributed by atoms with Gasteiger partial charge in [-0.1, -0.05) is 6.08 Å². The minimum atomic E-state index is -0.829. The summed E-state index contributed by atoms with van der Waals surface area (Å²) in [6.45, 7) is 3.22. The van der Waals surface area contributed by atoms with Gasteiger partial charge in [0.25, 0.3) is 0 Å². The van der Waals surface area contributed by atoms with E-state index in [4.69, 9.17) is 5.11 Å². The Hall–Kier alpha value is -0.271. The molecule has 0 atom stereocenters. The molecule has 0 bridgehead atoms. The molecule has 0 saturated heterocycles. The van der Waals surface area contributed by atoms with E-state index in [2.05, 4.69) is 6.58 Å². The van der Waals surface area contributed by atoms with Crippen molar-refractivity contribution in [3.63, 3.8) is 0 Å². The Bertz CT molecular complexity index is 70.1. The molecule has 0 aliphatic rings. The van der Waals surface area contributed by atoms with Crippen molar-refractivity contribution in [3.05, 3.63) is 12.7 Å². The van der Waals surface area contributed by atoms with E-state index in [0.29, 0.717) is 0 Å². The summed E-state index contributed by atoms with van der Waals surface area (Å²) in [6.07, 6.45) is 1.41. The number of carbonyl (C=O) groups is 1. The Morgan fingerprint density at radius 2 is 2.29 bits per heavy atom. The van der Waals surface area contributed by atoms with Crippen LogP contribution in [0.25, 0.3) is 0 Å². The molecule has 0 aromatic rings. The summed E-state index contributed by atoms with van der Waals surface area (Å²) < 4.78 is 0. The predicted molar refractivity (Wildman–Crippen MR) is 31.0 cm³/mol. The standard InChI is InChI=1S/C4H6O2.H2Se/c1-2-3-4(5)6;/h2H,1,3H2,(H,5,6);1H2. The molecule has 0 fully saturated rings. The van der Waals surface area contributed by atoms with Crippen molar-refractivity contribution >= 4 is 23.0 Å². The van der Waals surface area contributed by atoms with Crippen LogP contribution in [0.3, 0.4) is 0 Å². The van der Waals surface area contributed by atoms with E-state index < -0.39 is 5.97 Å². The van der Waals surface area contributed by atoms with E-state index in [1.54, 1.807) is 0 Å². The first-order valence-electron chi connectivity index (χ1n) is 1.60. The molecule has 0 spiro atoms. The second kappa shape index (κ2) is 5.73. The third-order valence-corrected chi connectivity index (χ3v) is 0.319. The van der Waals surface area contributed by atoms with Gasteiger partial charge in [-0.25, -0.2) is 0 Å². The number of hydrogen-bond donors (Lipinski definition) is 1. The van der Waals surface area contributed by atoms with Crippen LogP contribution in [-0.2, 0) is 4.79 Å². The summed E-state index contributed by atoms with van der Waals surface area (Å²) in [5.41, 5.74) is 0.